The van der Waals surface area contributed by atoms with Crippen LogP contribution in [0.15, 0.2) is 30.7 Å². The number of rotatable bonds is 4. The molecule has 3 aromatic rings. The fourth-order valence-corrected chi connectivity index (χ4v) is 5.23. The van der Waals surface area contributed by atoms with Gasteiger partial charge in [-0.25, -0.2) is 14.8 Å². The number of amides is 2. The zero-order chi connectivity index (χ0) is 20.5. The van der Waals surface area contributed by atoms with Crippen LogP contribution in [0.1, 0.15) is 43.6 Å². The number of likely N-dealkylation sites (tertiary alicyclic amines) is 1. The average molecular weight is 408 g/mol. The molecule has 4 heterocycles. The van der Waals surface area contributed by atoms with Gasteiger partial charge in [-0.1, -0.05) is 0 Å². The van der Waals surface area contributed by atoms with Crippen molar-refractivity contribution >= 4 is 28.0 Å². The lowest BCUT2D eigenvalue weighted by molar-refractivity contribution is 0.152. The van der Waals surface area contributed by atoms with Crippen LogP contribution in [0.3, 0.4) is 0 Å². The topological polar surface area (TPSA) is 83.1 Å². The summed E-state index contributed by atoms with van der Waals surface area (Å²) in [6.45, 7) is 2.37. The van der Waals surface area contributed by atoms with Crippen LogP contribution < -0.4 is 5.32 Å². The maximum Gasteiger partial charge on any atom is 0.317 e. The van der Waals surface area contributed by atoms with Crippen LogP contribution in [0.25, 0.3) is 21.9 Å². The molecule has 2 fully saturated rings. The van der Waals surface area contributed by atoms with Gasteiger partial charge < -0.3 is 19.9 Å². The lowest BCUT2D eigenvalue weighted by atomic mass is 9.80. The van der Waals surface area contributed by atoms with E-state index in [9.17, 15) is 4.79 Å². The molecule has 7 heteroatoms. The van der Waals surface area contributed by atoms with Gasteiger partial charge in [0.05, 0.1) is 18.3 Å². The molecule has 158 valence electrons. The number of fused-ring (bicyclic) bond motifs is 3. The molecule has 1 saturated heterocycles. The third-order valence-electron chi connectivity index (χ3n) is 6.79. The molecule has 5 rings (SSSR count). The van der Waals surface area contributed by atoms with E-state index in [1.54, 1.807) is 7.11 Å². The lowest BCUT2D eigenvalue weighted by Gasteiger charge is -2.31. The normalized spacial score (nSPS) is 24.6. The molecular weight excluding hydrogens is 378 g/mol. The van der Waals surface area contributed by atoms with E-state index >= 15 is 0 Å². The van der Waals surface area contributed by atoms with Gasteiger partial charge in [0.15, 0.2) is 5.65 Å². The highest BCUT2D eigenvalue weighted by atomic mass is 16.5. The fraction of sp³-hybridized carbons (Fsp3) is 0.522. The van der Waals surface area contributed by atoms with Crippen molar-refractivity contribution in [3.05, 3.63) is 36.3 Å². The van der Waals surface area contributed by atoms with Crippen molar-refractivity contribution in [3.8, 4) is 0 Å². The Balaban J connectivity index is 1.25. The van der Waals surface area contributed by atoms with Crippen molar-refractivity contribution in [1.29, 1.82) is 0 Å². The van der Waals surface area contributed by atoms with E-state index in [1.165, 1.54) is 10.9 Å². The molecule has 1 aliphatic heterocycles. The summed E-state index contributed by atoms with van der Waals surface area (Å²) in [6.07, 6.45) is 10.9. The highest BCUT2D eigenvalue weighted by Crippen LogP contribution is 2.38. The molecule has 2 amide bonds. The van der Waals surface area contributed by atoms with Crippen molar-refractivity contribution in [2.24, 2.45) is 5.92 Å². The molecule has 0 spiro atoms. The van der Waals surface area contributed by atoms with Gasteiger partial charge in [-0.05, 0) is 55.7 Å². The Bertz CT molecular complexity index is 1040. The minimum atomic E-state index is 0.0902. The third-order valence-corrected chi connectivity index (χ3v) is 6.79. The molecule has 2 aliphatic rings. The van der Waals surface area contributed by atoms with Gasteiger partial charge in [-0.3, -0.25) is 0 Å². The van der Waals surface area contributed by atoms with Crippen LogP contribution in [0.5, 0.6) is 0 Å². The summed E-state index contributed by atoms with van der Waals surface area (Å²) in [5.74, 6) is 0.963. The van der Waals surface area contributed by atoms with Gasteiger partial charge in [-0.15, -0.1) is 0 Å². The highest BCUT2D eigenvalue weighted by molar-refractivity contribution is 6.05. The van der Waals surface area contributed by atoms with Crippen LogP contribution in [-0.4, -0.2) is 58.7 Å². The molecule has 30 heavy (non-hydrogen) atoms. The molecule has 1 aliphatic carbocycles. The molecule has 3 aromatic heterocycles. The number of hydrogen-bond acceptors (Lipinski definition) is 4. The van der Waals surface area contributed by atoms with Crippen molar-refractivity contribution in [1.82, 2.24) is 25.2 Å². The summed E-state index contributed by atoms with van der Waals surface area (Å²) in [5.41, 5.74) is 3.24. The van der Waals surface area contributed by atoms with E-state index in [0.29, 0.717) is 11.8 Å². The van der Waals surface area contributed by atoms with Crippen LogP contribution >= 0.6 is 0 Å². The van der Waals surface area contributed by atoms with E-state index < -0.39 is 0 Å². The monoisotopic (exact) mass is 407 g/mol. The predicted octanol–water partition coefficient (Wildman–Crippen LogP) is 3.82. The van der Waals surface area contributed by atoms with Gasteiger partial charge in [0.25, 0.3) is 0 Å². The van der Waals surface area contributed by atoms with Crippen molar-refractivity contribution in [2.45, 2.75) is 44.1 Å². The third kappa shape index (κ3) is 3.62. The number of methoxy groups -OCH3 is 1. The molecular formula is C23H29N5O2. The largest absolute Gasteiger partial charge is 0.384 e. The molecule has 1 saturated carbocycles. The van der Waals surface area contributed by atoms with E-state index in [4.69, 9.17) is 4.74 Å². The second-order valence-electron chi connectivity index (χ2n) is 8.72. The minimum Gasteiger partial charge on any atom is -0.384 e. The van der Waals surface area contributed by atoms with Crippen LogP contribution in [0, 0.1) is 5.92 Å². The highest BCUT2D eigenvalue weighted by Gasteiger charge is 2.30. The molecule has 0 radical (unpaired) electrons. The smallest absolute Gasteiger partial charge is 0.317 e. The molecule has 7 nitrogen and oxygen atoms in total. The first kappa shape index (κ1) is 19.3. The Kier molecular flexibility index (Phi) is 5.29. The second-order valence-corrected chi connectivity index (χ2v) is 8.72. The van der Waals surface area contributed by atoms with Gasteiger partial charge in [-0.2, -0.15) is 0 Å². The van der Waals surface area contributed by atoms with Crippen LogP contribution in [0.2, 0.25) is 0 Å². The zero-order valence-electron chi connectivity index (χ0n) is 17.4. The number of urea groups is 1. The zero-order valence-corrected chi connectivity index (χ0v) is 17.4. The first-order valence-corrected chi connectivity index (χ1v) is 11.0. The van der Waals surface area contributed by atoms with Crippen molar-refractivity contribution in [2.75, 3.05) is 26.8 Å². The fourth-order valence-electron chi connectivity index (χ4n) is 5.23. The lowest BCUT2D eigenvalue weighted by Crippen LogP contribution is -2.45. The van der Waals surface area contributed by atoms with Gasteiger partial charge in [0.2, 0.25) is 0 Å². The number of carbonyl (C=O) groups excluding carboxylic acids is 1. The number of aromatic amines is 1. The Morgan fingerprint density at radius 2 is 2.10 bits per heavy atom. The van der Waals surface area contributed by atoms with E-state index in [2.05, 4.69) is 32.4 Å². The SMILES string of the molecule is COCC1CCN(C(=O)NC2CCC(c3cc[nH]c4cnc5nccc5c34)CC2)C1. The number of carbonyl (C=O) groups is 1. The van der Waals surface area contributed by atoms with Gasteiger partial charge in [0.1, 0.15) is 0 Å². The number of nitrogens with one attached hydrogen (secondary N) is 2. The predicted molar refractivity (Wildman–Crippen MR) is 116 cm³/mol. The number of H-pyrrole nitrogens is 1. The van der Waals surface area contributed by atoms with E-state index in [1.807, 2.05) is 23.5 Å². The first-order valence-electron chi connectivity index (χ1n) is 11.0. The Morgan fingerprint density at radius 3 is 2.93 bits per heavy atom. The number of ether oxygens (including phenoxy) is 1. The average Bonchev–Trinajstić information content (AvgIpc) is 3.44. The van der Waals surface area contributed by atoms with E-state index in [0.717, 1.165) is 68.4 Å². The van der Waals surface area contributed by atoms with E-state index in [-0.39, 0.29) is 12.1 Å². The standard InChI is InChI=1S/C23H29N5O2/c1-30-14-15-8-11-28(13-15)23(29)27-17-4-2-16(3-5-17)18-6-9-24-20-12-26-22-19(21(18)20)7-10-25-22/h6-7,9-10,12,15-17,24H,2-5,8,11,13-14H2,1H3,(H,27,29). The van der Waals surface area contributed by atoms with Crippen LogP contribution in [-0.2, 0) is 4.74 Å². The molecule has 0 aromatic carbocycles. The number of pyridine rings is 2. The summed E-state index contributed by atoms with van der Waals surface area (Å²) < 4.78 is 5.24. The maximum atomic E-state index is 12.7. The molecule has 1 unspecified atom stereocenters. The van der Waals surface area contributed by atoms with Crippen LogP contribution in [0.4, 0.5) is 4.79 Å². The summed E-state index contributed by atoms with van der Waals surface area (Å²) in [5, 5.41) is 5.64. The Morgan fingerprint density at radius 1 is 1.23 bits per heavy atom. The minimum absolute atomic E-state index is 0.0902. The molecule has 1 atom stereocenters. The molecule has 2 N–H and O–H groups in total. The summed E-state index contributed by atoms with van der Waals surface area (Å²) >= 11 is 0. The number of hydrogen-bond donors (Lipinski definition) is 2. The summed E-state index contributed by atoms with van der Waals surface area (Å²) in [6, 6.07) is 4.62. The van der Waals surface area contributed by atoms with Crippen molar-refractivity contribution < 1.29 is 9.53 Å². The summed E-state index contributed by atoms with van der Waals surface area (Å²) in [4.78, 5) is 26.8. The Hall–Kier alpha value is -2.67. The summed E-state index contributed by atoms with van der Waals surface area (Å²) in [7, 11) is 1.73. The quantitative estimate of drug-likeness (QED) is 0.689. The Labute approximate surface area is 176 Å². The van der Waals surface area contributed by atoms with Gasteiger partial charge in [0, 0.05) is 55.3 Å². The first-order chi connectivity index (χ1) is 14.7. The maximum absolute atomic E-state index is 12.7. The van der Waals surface area contributed by atoms with Crippen molar-refractivity contribution in [3.63, 3.8) is 0 Å². The van der Waals surface area contributed by atoms with Gasteiger partial charge >= 0.3 is 6.03 Å². The second kappa shape index (κ2) is 8.22. The number of nitrogens with zero attached hydrogens (tertiary/aromatic N) is 3. The molecule has 0 bridgehead atoms. The number of aromatic nitrogens is 3.